The molecule has 18 heavy (non-hydrogen) atoms. The lowest BCUT2D eigenvalue weighted by atomic mass is 10.1. The van der Waals surface area contributed by atoms with Gasteiger partial charge in [-0.2, -0.15) is 26.3 Å². The molecule has 0 aliphatic carbocycles. The van der Waals surface area contributed by atoms with Crippen molar-refractivity contribution in [2.24, 2.45) is 11.7 Å². The molecule has 1 unspecified atom stereocenters. The van der Waals surface area contributed by atoms with E-state index in [0.29, 0.717) is 6.42 Å². The van der Waals surface area contributed by atoms with Crippen molar-refractivity contribution in [3.8, 4) is 0 Å². The highest BCUT2D eigenvalue weighted by Crippen LogP contribution is 2.39. The Morgan fingerprint density at radius 2 is 1.61 bits per heavy atom. The average Bonchev–Trinajstić information content (AvgIpc) is 2.12. The smallest absolute Gasteiger partial charge is 0.355 e. The molecule has 0 aromatic heterocycles. The summed E-state index contributed by atoms with van der Waals surface area (Å²) in [4.78, 5) is 10.9. The third-order valence-electron chi connectivity index (χ3n) is 2.26. The van der Waals surface area contributed by atoms with Crippen LogP contribution >= 0.6 is 0 Å². The normalized spacial score (nSPS) is 14.7. The van der Waals surface area contributed by atoms with Crippen LogP contribution in [0, 0.1) is 5.92 Å². The van der Waals surface area contributed by atoms with Crippen molar-refractivity contribution in [2.45, 2.75) is 38.2 Å². The highest BCUT2D eigenvalue weighted by Gasteiger charge is 2.60. The molecule has 0 rings (SSSR count). The monoisotopic (exact) mass is 280 g/mol. The van der Waals surface area contributed by atoms with Crippen LogP contribution in [0.3, 0.4) is 0 Å². The Hall–Kier alpha value is -0.990. The van der Waals surface area contributed by atoms with Gasteiger partial charge >= 0.3 is 12.4 Å². The first-order valence-corrected chi connectivity index (χ1v) is 5.16. The van der Waals surface area contributed by atoms with Crippen LogP contribution in [-0.4, -0.2) is 30.8 Å². The second kappa shape index (κ2) is 6.26. The van der Waals surface area contributed by atoms with Crippen molar-refractivity contribution in [3.63, 3.8) is 0 Å². The Balaban J connectivity index is 4.52. The molecule has 0 bridgehead atoms. The predicted molar refractivity (Wildman–Crippen MR) is 51.5 cm³/mol. The van der Waals surface area contributed by atoms with E-state index < -0.39 is 24.2 Å². The first kappa shape index (κ1) is 17.0. The Morgan fingerprint density at radius 1 is 1.17 bits per heavy atom. The maximum atomic E-state index is 12.1. The van der Waals surface area contributed by atoms with E-state index >= 15 is 0 Å². The predicted octanol–water partition coefficient (Wildman–Crippen LogP) is 1.97. The maximum absolute atomic E-state index is 12.1. The number of carbonyl (C=O) groups is 1. The number of amides is 1. The van der Waals surface area contributed by atoms with Crippen molar-refractivity contribution < 1.29 is 31.1 Å². The second-order valence-corrected chi connectivity index (χ2v) is 3.76. The minimum atomic E-state index is -5.66. The summed E-state index contributed by atoms with van der Waals surface area (Å²) in [6.07, 6.45) is -10.7. The van der Waals surface area contributed by atoms with E-state index in [0.717, 1.165) is 0 Å². The lowest BCUT2D eigenvalue weighted by Gasteiger charge is -2.22. The quantitative estimate of drug-likeness (QED) is 0.756. The number of alkyl halides is 6. The van der Waals surface area contributed by atoms with Crippen LogP contribution in [0.15, 0.2) is 0 Å². The van der Waals surface area contributed by atoms with Gasteiger partial charge in [0, 0.05) is 12.6 Å². The fraction of sp³-hybridized carbons (Fsp3) is 0.889. The zero-order chi connectivity index (χ0) is 14.6. The van der Waals surface area contributed by atoms with Crippen LogP contribution in [0.4, 0.5) is 26.3 Å². The molecule has 108 valence electrons. The minimum Gasteiger partial charge on any atom is -0.355 e. The van der Waals surface area contributed by atoms with E-state index in [-0.39, 0.29) is 19.0 Å². The summed E-state index contributed by atoms with van der Waals surface area (Å²) in [5.74, 6) is -6.10. The summed E-state index contributed by atoms with van der Waals surface area (Å²) in [6.45, 7) is 1.39. The van der Waals surface area contributed by atoms with E-state index in [1.807, 2.05) is 0 Å². The molecule has 0 saturated heterocycles. The lowest BCUT2D eigenvalue weighted by Crippen LogP contribution is -2.48. The Kier molecular flexibility index (Phi) is 5.91. The van der Waals surface area contributed by atoms with Gasteiger partial charge in [0.25, 0.3) is 0 Å². The average molecular weight is 280 g/mol. The van der Waals surface area contributed by atoms with E-state index in [4.69, 9.17) is 5.73 Å². The molecule has 0 fully saturated rings. The number of rotatable bonds is 5. The van der Waals surface area contributed by atoms with Gasteiger partial charge in [0.2, 0.25) is 11.8 Å². The summed E-state index contributed by atoms with van der Waals surface area (Å²) in [5, 5.41) is 1.60. The lowest BCUT2D eigenvalue weighted by molar-refractivity contribution is -0.274. The summed E-state index contributed by atoms with van der Waals surface area (Å²) in [5.41, 5.74) is 5.41. The zero-order valence-corrected chi connectivity index (χ0v) is 9.53. The third-order valence-corrected chi connectivity index (χ3v) is 2.26. The van der Waals surface area contributed by atoms with Gasteiger partial charge in [-0.25, -0.2) is 0 Å². The number of hydrogen-bond acceptors (Lipinski definition) is 2. The molecule has 0 spiro atoms. The van der Waals surface area contributed by atoms with E-state index in [9.17, 15) is 31.1 Å². The van der Waals surface area contributed by atoms with Crippen molar-refractivity contribution in [3.05, 3.63) is 0 Å². The highest BCUT2D eigenvalue weighted by atomic mass is 19.4. The fourth-order valence-corrected chi connectivity index (χ4v) is 1.17. The Morgan fingerprint density at radius 3 is 1.94 bits per heavy atom. The SMILES string of the molecule is CCC(N)CCNC(=O)C(C(F)(F)F)C(F)(F)F. The summed E-state index contributed by atoms with van der Waals surface area (Å²) < 4.78 is 72.7. The van der Waals surface area contributed by atoms with Gasteiger partial charge < -0.3 is 11.1 Å². The van der Waals surface area contributed by atoms with Crippen LogP contribution in [0.1, 0.15) is 19.8 Å². The molecule has 3 N–H and O–H groups in total. The highest BCUT2D eigenvalue weighted by molar-refractivity contribution is 5.80. The molecule has 0 heterocycles. The Labute approximate surface area is 99.7 Å². The van der Waals surface area contributed by atoms with E-state index in [1.165, 1.54) is 0 Å². The van der Waals surface area contributed by atoms with Gasteiger partial charge in [-0.05, 0) is 12.8 Å². The number of nitrogens with one attached hydrogen (secondary N) is 1. The largest absolute Gasteiger partial charge is 0.409 e. The third kappa shape index (κ3) is 5.56. The van der Waals surface area contributed by atoms with Crippen molar-refractivity contribution in [1.82, 2.24) is 5.32 Å². The van der Waals surface area contributed by atoms with Gasteiger partial charge in [0.05, 0.1) is 0 Å². The van der Waals surface area contributed by atoms with Crippen molar-refractivity contribution >= 4 is 5.91 Å². The first-order chi connectivity index (χ1) is 8.00. The molecule has 0 aliphatic rings. The second-order valence-electron chi connectivity index (χ2n) is 3.76. The topological polar surface area (TPSA) is 55.1 Å². The van der Waals surface area contributed by atoms with Gasteiger partial charge in [-0.1, -0.05) is 6.92 Å². The van der Waals surface area contributed by atoms with Crippen molar-refractivity contribution in [2.75, 3.05) is 6.54 Å². The molecule has 0 aliphatic heterocycles. The number of nitrogens with two attached hydrogens (primary N) is 1. The zero-order valence-electron chi connectivity index (χ0n) is 9.53. The fourth-order valence-electron chi connectivity index (χ4n) is 1.17. The first-order valence-electron chi connectivity index (χ1n) is 5.16. The van der Waals surface area contributed by atoms with E-state index in [2.05, 4.69) is 0 Å². The molecule has 1 amide bonds. The molecule has 0 radical (unpaired) electrons. The van der Waals surface area contributed by atoms with Crippen LogP contribution in [0.2, 0.25) is 0 Å². The Bertz CT molecular complexity index is 261. The van der Waals surface area contributed by atoms with Crippen LogP contribution in [-0.2, 0) is 4.79 Å². The molecule has 3 nitrogen and oxygen atoms in total. The summed E-state index contributed by atoms with van der Waals surface area (Å²) in [6, 6.07) is -0.375. The number of hydrogen-bond donors (Lipinski definition) is 2. The summed E-state index contributed by atoms with van der Waals surface area (Å²) in [7, 11) is 0. The maximum Gasteiger partial charge on any atom is 0.409 e. The van der Waals surface area contributed by atoms with Crippen LogP contribution < -0.4 is 11.1 Å². The van der Waals surface area contributed by atoms with Gasteiger partial charge in [0.15, 0.2) is 0 Å². The van der Waals surface area contributed by atoms with Crippen LogP contribution in [0.25, 0.3) is 0 Å². The molecule has 0 saturated carbocycles. The van der Waals surface area contributed by atoms with Gasteiger partial charge in [0.1, 0.15) is 0 Å². The van der Waals surface area contributed by atoms with Gasteiger partial charge in [-0.15, -0.1) is 0 Å². The van der Waals surface area contributed by atoms with E-state index in [1.54, 1.807) is 12.2 Å². The van der Waals surface area contributed by atoms with Crippen molar-refractivity contribution in [1.29, 1.82) is 0 Å². The summed E-state index contributed by atoms with van der Waals surface area (Å²) >= 11 is 0. The molecular formula is C9H14F6N2O. The molecule has 0 aromatic carbocycles. The standard InChI is InChI=1S/C9H14F6N2O/c1-2-5(16)3-4-17-7(18)6(8(10,11)12)9(13,14)15/h5-6H,2-4,16H2,1H3,(H,17,18). The van der Waals surface area contributed by atoms with Crippen LogP contribution in [0.5, 0.6) is 0 Å². The number of halogens is 6. The number of carbonyl (C=O) groups excluding carboxylic acids is 1. The molecular weight excluding hydrogens is 266 g/mol. The molecule has 0 aromatic rings. The van der Waals surface area contributed by atoms with Gasteiger partial charge in [-0.3, -0.25) is 4.79 Å². The molecule has 9 heteroatoms. The molecule has 1 atom stereocenters. The minimum absolute atomic E-state index is 0.116.